The second-order valence-corrected chi connectivity index (χ2v) is 4.49. The Labute approximate surface area is 94.4 Å². The van der Waals surface area contributed by atoms with Gasteiger partial charge in [-0.05, 0) is 19.3 Å². The maximum Gasteiger partial charge on any atom is 0.308 e. The molecule has 0 radical (unpaired) electrons. The van der Waals surface area contributed by atoms with E-state index in [1.807, 2.05) is 0 Å². The van der Waals surface area contributed by atoms with Gasteiger partial charge in [0.15, 0.2) is 0 Å². The van der Waals surface area contributed by atoms with Crippen molar-refractivity contribution >= 4 is 11.9 Å². The van der Waals surface area contributed by atoms with Gasteiger partial charge < -0.3 is 14.7 Å². The fourth-order valence-electron chi connectivity index (χ4n) is 2.36. The van der Waals surface area contributed by atoms with Crippen LogP contribution in [0.2, 0.25) is 0 Å². The van der Waals surface area contributed by atoms with Crippen molar-refractivity contribution in [3.63, 3.8) is 0 Å². The molecule has 2 rings (SSSR count). The Morgan fingerprint density at radius 2 is 1.81 bits per heavy atom. The first-order valence-corrected chi connectivity index (χ1v) is 5.78. The molecule has 0 aromatic carbocycles. The molecule has 90 valence electrons. The number of hydrogen-bond acceptors (Lipinski definition) is 3. The van der Waals surface area contributed by atoms with Gasteiger partial charge in [-0.15, -0.1) is 0 Å². The van der Waals surface area contributed by atoms with Crippen molar-refractivity contribution in [3.8, 4) is 0 Å². The van der Waals surface area contributed by atoms with E-state index < -0.39 is 5.97 Å². The zero-order valence-corrected chi connectivity index (χ0v) is 9.22. The molecule has 0 saturated carbocycles. The van der Waals surface area contributed by atoms with E-state index in [2.05, 4.69) is 0 Å². The maximum absolute atomic E-state index is 12.0. The molecule has 2 fully saturated rings. The molecule has 0 aromatic rings. The zero-order valence-electron chi connectivity index (χ0n) is 9.22. The van der Waals surface area contributed by atoms with Crippen molar-refractivity contribution in [3.05, 3.63) is 0 Å². The Hall–Kier alpha value is -1.10. The molecule has 2 aliphatic heterocycles. The molecule has 1 N–H and O–H groups in total. The van der Waals surface area contributed by atoms with Gasteiger partial charge in [0.1, 0.15) is 0 Å². The molecule has 1 amide bonds. The summed E-state index contributed by atoms with van der Waals surface area (Å²) in [7, 11) is 0. The second kappa shape index (κ2) is 4.82. The number of ether oxygens (including phenoxy) is 1. The number of nitrogens with zero attached hydrogens (tertiary/aromatic N) is 1. The van der Waals surface area contributed by atoms with Gasteiger partial charge in [0.25, 0.3) is 0 Å². The van der Waals surface area contributed by atoms with Gasteiger partial charge in [0.05, 0.1) is 5.92 Å². The van der Waals surface area contributed by atoms with E-state index in [0.29, 0.717) is 32.7 Å². The Morgan fingerprint density at radius 3 is 2.38 bits per heavy atom. The summed E-state index contributed by atoms with van der Waals surface area (Å²) in [5, 5.41) is 8.87. The van der Waals surface area contributed by atoms with Gasteiger partial charge in [-0.1, -0.05) is 0 Å². The van der Waals surface area contributed by atoms with Crippen LogP contribution in [-0.2, 0) is 14.3 Å². The highest BCUT2D eigenvalue weighted by Crippen LogP contribution is 2.23. The first kappa shape index (κ1) is 11.4. The van der Waals surface area contributed by atoms with Gasteiger partial charge in [0, 0.05) is 32.2 Å². The van der Waals surface area contributed by atoms with Crippen LogP contribution in [0.3, 0.4) is 0 Å². The molecule has 2 heterocycles. The SMILES string of the molecule is O=C(O)C1CCN(C(=O)C2CCOCC2)C1. The molecule has 0 aliphatic carbocycles. The quantitative estimate of drug-likeness (QED) is 0.739. The van der Waals surface area contributed by atoms with Gasteiger partial charge in [-0.3, -0.25) is 9.59 Å². The summed E-state index contributed by atoms with van der Waals surface area (Å²) in [6, 6.07) is 0. The molecule has 0 aromatic heterocycles. The monoisotopic (exact) mass is 227 g/mol. The van der Waals surface area contributed by atoms with Crippen LogP contribution < -0.4 is 0 Å². The van der Waals surface area contributed by atoms with Crippen molar-refractivity contribution < 1.29 is 19.4 Å². The predicted octanol–water partition coefficient (Wildman–Crippen LogP) is 0.346. The Kier molecular flexibility index (Phi) is 3.43. The third-order valence-electron chi connectivity index (χ3n) is 3.42. The molecule has 2 saturated heterocycles. The highest BCUT2D eigenvalue weighted by Gasteiger charge is 2.34. The third-order valence-corrected chi connectivity index (χ3v) is 3.42. The topological polar surface area (TPSA) is 66.8 Å². The fraction of sp³-hybridized carbons (Fsp3) is 0.818. The normalized spacial score (nSPS) is 27.0. The minimum Gasteiger partial charge on any atom is -0.481 e. The largest absolute Gasteiger partial charge is 0.481 e. The minimum atomic E-state index is -0.790. The van der Waals surface area contributed by atoms with Gasteiger partial charge in [-0.25, -0.2) is 0 Å². The molecule has 1 unspecified atom stereocenters. The number of amides is 1. The number of carbonyl (C=O) groups is 2. The summed E-state index contributed by atoms with van der Waals surface area (Å²) >= 11 is 0. The van der Waals surface area contributed by atoms with Crippen LogP contribution in [0.1, 0.15) is 19.3 Å². The van der Waals surface area contributed by atoms with Crippen LogP contribution in [-0.4, -0.2) is 48.2 Å². The molecule has 5 nitrogen and oxygen atoms in total. The van der Waals surface area contributed by atoms with Crippen molar-refractivity contribution in [2.24, 2.45) is 11.8 Å². The standard InChI is InChI=1S/C11H17NO4/c13-10(8-2-5-16-6-3-8)12-4-1-9(7-12)11(14)15/h8-9H,1-7H2,(H,14,15). The lowest BCUT2D eigenvalue weighted by atomic mass is 9.99. The smallest absolute Gasteiger partial charge is 0.308 e. The summed E-state index contributed by atoms with van der Waals surface area (Å²) in [6.07, 6.45) is 2.13. The summed E-state index contributed by atoms with van der Waals surface area (Å²) < 4.78 is 5.21. The molecular formula is C11H17NO4. The number of hydrogen-bond donors (Lipinski definition) is 1. The van der Waals surface area contributed by atoms with Crippen molar-refractivity contribution in [1.82, 2.24) is 4.90 Å². The van der Waals surface area contributed by atoms with E-state index in [1.165, 1.54) is 0 Å². The van der Waals surface area contributed by atoms with E-state index in [1.54, 1.807) is 4.90 Å². The van der Waals surface area contributed by atoms with Crippen molar-refractivity contribution in [2.45, 2.75) is 19.3 Å². The van der Waals surface area contributed by atoms with Crippen LogP contribution >= 0.6 is 0 Å². The number of carboxylic acid groups (broad SMARTS) is 1. The van der Waals surface area contributed by atoms with E-state index >= 15 is 0 Å². The second-order valence-electron chi connectivity index (χ2n) is 4.49. The Balaban J connectivity index is 1.88. The number of carbonyl (C=O) groups excluding carboxylic acids is 1. The molecule has 2 aliphatic rings. The molecule has 1 atom stereocenters. The van der Waals surface area contributed by atoms with Crippen LogP contribution in [0, 0.1) is 11.8 Å². The maximum atomic E-state index is 12.0. The number of carboxylic acids is 1. The minimum absolute atomic E-state index is 0.0429. The van der Waals surface area contributed by atoms with E-state index in [4.69, 9.17) is 9.84 Å². The summed E-state index contributed by atoms with van der Waals surface area (Å²) in [5.41, 5.74) is 0. The van der Waals surface area contributed by atoms with Gasteiger partial charge in [-0.2, -0.15) is 0 Å². The van der Waals surface area contributed by atoms with Crippen molar-refractivity contribution in [2.75, 3.05) is 26.3 Å². The number of rotatable bonds is 2. The lowest BCUT2D eigenvalue weighted by Gasteiger charge is -2.26. The summed E-state index contributed by atoms with van der Waals surface area (Å²) in [6.45, 7) is 2.26. The highest BCUT2D eigenvalue weighted by atomic mass is 16.5. The number of aliphatic carboxylic acids is 1. The fourth-order valence-corrected chi connectivity index (χ4v) is 2.36. The first-order valence-electron chi connectivity index (χ1n) is 5.78. The zero-order chi connectivity index (χ0) is 11.5. The molecule has 0 spiro atoms. The molecule has 0 bridgehead atoms. The average Bonchev–Trinajstić information content (AvgIpc) is 2.78. The summed E-state index contributed by atoms with van der Waals surface area (Å²) in [5.74, 6) is -1.00. The third kappa shape index (κ3) is 2.35. The summed E-state index contributed by atoms with van der Waals surface area (Å²) in [4.78, 5) is 24.5. The lowest BCUT2D eigenvalue weighted by Crippen LogP contribution is -2.37. The van der Waals surface area contributed by atoms with E-state index in [0.717, 1.165) is 12.8 Å². The molecule has 16 heavy (non-hydrogen) atoms. The Morgan fingerprint density at radius 1 is 1.12 bits per heavy atom. The van der Waals surface area contributed by atoms with Gasteiger partial charge in [0.2, 0.25) is 5.91 Å². The molecular weight excluding hydrogens is 210 g/mol. The highest BCUT2D eigenvalue weighted by molar-refractivity contribution is 5.80. The Bertz CT molecular complexity index is 286. The average molecular weight is 227 g/mol. The molecule has 5 heteroatoms. The van der Waals surface area contributed by atoms with Crippen LogP contribution in [0.25, 0.3) is 0 Å². The van der Waals surface area contributed by atoms with E-state index in [9.17, 15) is 9.59 Å². The first-order chi connectivity index (χ1) is 7.68. The van der Waals surface area contributed by atoms with E-state index in [-0.39, 0.29) is 17.7 Å². The number of likely N-dealkylation sites (tertiary alicyclic amines) is 1. The van der Waals surface area contributed by atoms with Crippen LogP contribution in [0.15, 0.2) is 0 Å². The van der Waals surface area contributed by atoms with Crippen molar-refractivity contribution in [1.29, 1.82) is 0 Å². The predicted molar refractivity (Wildman–Crippen MR) is 55.9 cm³/mol. The lowest BCUT2D eigenvalue weighted by molar-refractivity contribution is -0.142. The van der Waals surface area contributed by atoms with Crippen LogP contribution in [0.5, 0.6) is 0 Å². The van der Waals surface area contributed by atoms with Gasteiger partial charge >= 0.3 is 5.97 Å². The van der Waals surface area contributed by atoms with Crippen LogP contribution in [0.4, 0.5) is 0 Å².